The molecule has 3 N–H and O–H groups in total. The van der Waals surface area contributed by atoms with Crippen LogP contribution in [-0.4, -0.2) is 30.8 Å². The average molecular weight is 522 g/mol. The van der Waals surface area contributed by atoms with Crippen LogP contribution in [0.1, 0.15) is 43.2 Å². The molecule has 2 amide bonds. The van der Waals surface area contributed by atoms with Crippen LogP contribution in [-0.2, 0) is 18.3 Å². The van der Waals surface area contributed by atoms with Gasteiger partial charge in [0, 0.05) is 23.4 Å². The first-order valence-electron chi connectivity index (χ1n) is 12.8. The number of H-pyrrole nitrogens is 1. The molecule has 198 valence electrons. The summed E-state index contributed by atoms with van der Waals surface area (Å²) in [6.45, 7) is 8.31. The summed E-state index contributed by atoms with van der Waals surface area (Å²) in [4.78, 5) is 35.8. The summed E-state index contributed by atoms with van der Waals surface area (Å²) >= 11 is 0. The zero-order chi connectivity index (χ0) is 27.6. The van der Waals surface area contributed by atoms with Gasteiger partial charge in [-0.2, -0.15) is 5.10 Å². The summed E-state index contributed by atoms with van der Waals surface area (Å²) < 4.78 is 1.76. The number of carbonyl (C=O) groups excluding carboxylic acids is 1. The van der Waals surface area contributed by atoms with Crippen LogP contribution in [0.25, 0.3) is 16.9 Å². The van der Waals surface area contributed by atoms with Crippen LogP contribution in [0.3, 0.4) is 0 Å². The number of nitrogens with zero attached hydrogens (tertiary/aromatic N) is 4. The molecular weight excluding hydrogens is 490 g/mol. The molecule has 5 rings (SSSR count). The summed E-state index contributed by atoms with van der Waals surface area (Å²) in [7, 11) is 0. The van der Waals surface area contributed by atoms with Crippen molar-refractivity contribution in [3.63, 3.8) is 0 Å². The molecule has 0 atom stereocenters. The standard InChI is InChI=1S/C30H31N7O2/c1-19-5-13-23(14-6-19)37-25(17-24(36-37)30(2,3)4)34-29(39)33-22-11-8-20(9-12-22)7-10-21-15-16-31-28-27(21)35-26(38)18-32-28/h5-6,8-9,11-18H,7,10H2,1-4H3,(H,35,38)(H2,33,34,39). The number of rotatable bonds is 6. The second-order valence-corrected chi connectivity index (χ2v) is 10.6. The quantitative estimate of drug-likeness (QED) is 0.271. The van der Waals surface area contributed by atoms with Crippen LogP contribution in [0.5, 0.6) is 0 Å². The van der Waals surface area contributed by atoms with Gasteiger partial charge in [0.15, 0.2) is 5.65 Å². The van der Waals surface area contributed by atoms with E-state index < -0.39 is 0 Å². The molecule has 2 aromatic carbocycles. The third kappa shape index (κ3) is 6.04. The third-order valence-electron chi connectivity index (χ3n) is 6.46. The van der Waals surface area contributed by atoms with E-state index in [9.17, 15) is 9.59 Å². The molecule has 0 unspecified atom stereocenters. The lowest BCUT2D eigenvalue weighted by Crippen LogP contribution is -2.21. The number of hydrogen-bond acceptors (Lipinski definition) is 5. The molecule has 0 fully saturated rings. The number of aryl methyl sites for hydroxylation is 3. The molecule has 0 aliphatic carbocycles. The predicted molar refractivity (Wildman–Crippen MR) is 154 cm³/mol. The number of aromatic amines is 1. The first-order valence-corrected chi connectivity index (χ1v) is 12.8. The van der Waals surface area contributed by atoms with Gasteiger partial charge >= 0.3 is 6.03 Å². The van der Waals surface area contributed by atoms with E-state index in [0.29, 0.717) is 29.1 Å². The van der Waals surface area contributed by atoms with Crippen LogP contribution in [0.15, 0.2) is 77.9 Å². The van der Waals surface area contributed by atoms with E-state index in [-0.39, 0.29) is 17.0 Å². The van der Waals surface area contributed by atoms with Gasteiger partial charge in [-0.15, -0.1) is 0 Å². The topological polar surface area (TPSA) is 118 Å². The molecule has 39 heavy (non-hydrogen) atoms. The minimum absolute atomic E-state index is 0.174. The maximum Gasteiger partial charge on any atom is 0.324 e. The van der Waals surface area contributed by atoms with E-state index in [2.05, 4.69) is 46.4 Å². The molecule has 0 aliphatic heterocycles. The maximum atomic E-state index is 12.9. The van der Waals surface area contributed by atoms with Crippen molar-refractivity contribution in [3.8, 4) is 5.69 Å². The Morgan fingerprint density at radius 3 is 2.41 bits per heavy atom. The first-order chi connectivity index (χ1) is 18.7. The zero-order valence-electron chi connectivity index (χ0n) is 22.4. The van der Waals surface area contributed by atoms with Gasteiger partial charge in [-0.1, -0.05) is 50.6 Å². The third-order valence-corrected chi connectivity index (χ3v) is 6.46. The number of amides is 2. The van der Waals surface area contributed by atoms with Gasteiger partial charge in [-0.05, 0) is 61.2 Å². The number of benzene rings is 2. The fourth-order valence-corrected chi connectivity index (χ4v) is 4.24. The lowest BCUT2D eigenvalue weighted by Gasteiger charge is -2.14. The smallest absolute Gasteiger partial charge is 0.318 e. The fraction of sp³-hybridized carbons (Fsp3) is 0.233. The predicted octanol–water partition coefficient (Wildman–Crippen LogP) is 5.54. The number of fused-ring (bicyclic) bond motifs is 1. The largest absolute Gasteiger partial charge is 0.324 e. The first kappa shape index (κ1) is 25.8. The lowest BCUT2D eigenvalue weighted by molar-refractivity contribution is 0.262. The minimum Gasteiger partial charge on any atom is -0.318 e. The number of urea groups is 1. The number of pyridine rings is 1. The molecule has 0 saturated carbocycles. The van der Waals surface area contributed by atoms with Crippen molar-refractivity contribution >= 4 is 28.7 Å². The molecule has 9 nitrogen and oxygen atoms in total. The SMILES string of the molecule is Cc1ccc(-n2nc(C(C)(C)C)cc2NC(=O)Nc2ccc(CCc3ccnc4ncc(=O)[nH]c34)cc2)cc1. The van der Waals surface area contributed by atoms with Crippen molar-refractivity contribution in [3.05, 3.63) is 106 Å². The number of hydrogen-bond donors (Lipinski definition) is 3. The zero-order valence-corrected chi connectivity index (χ0v) is 22.4. The molecular formula is C30H31N7O2. The molecule has 9 heteroatoms. The highest BCUT2D eigenvalue weighted by atomic mass is 16.2. The lowest BCUT2D eigenvalue weighted by atomic mass is 9.92. The van der Waals surface area contributed by atoms with Crippen molar-refractivity contribution in [2.24, 2.45) is 0 Å². The molecule has 0 radical (unpaired) electrons. The fourth-order valence-electron chi connectivity index (χ4n) is 4.24. The molecule has 3 aromatic heterocycles. The molecule has 0 bridgehead atoms. The van der Waals surface area contributed by atoms with Gasteiger partial charge in [-0.25, -0.2) is 19.4 Å². The van der Waals surface area contributed by atoms with Gasteiger partial charge in [0.05, 0.1) is 23.1 Å². The Balaban J connectivity index is 1.26. The van der Waals surface area contributed by atoms with Crippen LogP contribution in [0.2, 0.25) is 0 Å². The number of carbonyl (C=O) groups is 1. The van der Waals surface area contributed by atoms with Gasteiger partial charge in [0.1, 0.15) is 5.82 Å². The summed E-state index contributed by atoms with van der Waals surface area (Å²) in [5.41, 5.74) is 6.43. The molecule has 0 spiro atoms. The molecule has 0 aliphatic rings. The van der Waals surface area contributed by atoms with Crippen molar-refractivity contribution in [2.75, 3.05) is 10.6 Å². The highest BCUT2D eigenvalue weighted by Crippen LogP contribution is 2.26. The molecule has 5 aromatic rings. The van der Waals surface area contributed by atoms with Gasteiger partial charge in [0.25, 0.3) is 5.56 Å². The van der Waals surface area contributed by atoms with Crippen LogP contribution in [0.4, 0.5) is 16.3 Å². The number of nitrogens with one attached hydrogen (secondary N) is 3. The Hall–Kier alpha value is -4.79. The van der Waals surface area contributed by atoms with Crippen LogP contribution < -0.4 is 16.2 Å². The summed E-state index contributed by atoms with van der Waals surface area (Å²) in [6, 6.07) is 19.2. The van der Waals surface area contributed by atoms with E-state index in [1.54, 1.807) is 10.9 Å². The molecule has 3 heterocycles. The normalized spacial score (nSPS) is 11.5. The van der Waals surface area contributed by atoms with Crippen molar-refractivity contribution in [2.45, 2.75) is 46.0 Å². The second-order valence-electron chi connectivity index (χ2n) is 10.6. The Morgan fingerprint density at radius 2 is 1.69 bits per heavy atom. The highest BCUT2D eigenvalue weighted by molar-refractivity contribution is 5.99. The van der Waals surface area contributed by atoms with E-state index >= 15 is 0 Å². The van der Waals surface area contributed by atoms with Crippen molar-refractivity contribution < 1.29 is 4.79 Å². The van der Waals surface area contributed by atoms with E-state index in [0.717, 1.165) is 34.5 Å². The van der Waals surface area contributed by atoms with Gasteiger partial charge in [-0.3, -0.25) is 10.1 Å². The highest BCUT2D eigenvalue weighted by Gasteiger charge is 2.21. The Labute approximate surface area is 226 Å². The monoisotopic (exact) mass is 521 g/mol. The Morgan fingerprint density at radius 1 is 0.949 bits per heavy atom. The number of anilines is 2. The van der Waals surface area contributed by atoms with E-state index in [4.69, 9.17) is 5.10 Å². The average Bonchev–Trinajstić information content (AvgIpc) is 3.33. The van der Waals surface area contributed by atoms with Gasteiger partial charge < -0.3 is 10.3 Å². The Kier molecular flexibility index (Phi) is 6.98. The summed E-state index contributed by atoms with van der Waals surface area (Å²) in [5, 5.41) is 10.6. The second kappa shape index (κ2) is 10.5. The van der Waals surface area contributed by atoms with E-state index in [1.807, 2.05) is 67.6 Å². The summed E-state index contributed by atoms with van der Waals surface area (Å²) in [6.07, 6.45) is 4.41. The minimum atomic E-state index is -0.351. The Bertz CT molecular complexity index is 1680. The molecule has 0 saturated heterocycles. The number of aromatic nitrogens is 5. The van der Waals surface area contributed by atoms with Crippen molar-refractivity contribution in [1.29, 1.82) is 0 Å². The maximum absolute atomic E-state index is 12.9. The van der Waals surface area contributed by atoms with E-state index in [1.165, 1.54) is 6.20 Å². The van der Waals surface area contributed by atoms with Gasteiger partial charge in [0.2, 0.25) is 0 Å². The van der Waals surface area contributed by atoms with Crippen molar-refractivity contribution in [1.82, 2.24) is 24.7 Å². The van der Waals surface area contributed by atoms with Crippen LogP contribution >= 0.6 is 0 Å². The summed E-state index contributed by atoms with van der Waals surface area (Å²) in [5.74, 6) is 0.593. The van der Waals surface area contributed by atoms with Crippen LogP contribution in [0, 0.1) is 6.92 Å².